The lowest BCUT2D eigenvalue weighted by molar-refractivity contribution is -0.492. The van der Waals surface area contributed by atoms with E-state index in [-0.39, 0.29) is 6.29 Å². The Hall–Kier alpha value is -1.63. The van der Waals surface area contributed by atoms with Gasteiger partial charge in [0.05, 0.1) is 0 Å². The molecule has 0 saturated carbocycles. The van der Waals surface area contributed by atoms with Crippen molar-refractivity contribution in [1.82, 2.24) is 5.06 Å². The zero-order valence-electron chi connectivity index (χ0n) is 15.7. The average Bonchev–Trinajstić information content (AvgIpc) is 2.53. The van der Waals surface area contributed by atoms with Crippen LogP contribution in [0, 0.1) is 5.92 Å². The first kappa shape index (κ1) is 23.4. The summed E-state index contributed by atoms with van der Waals surface area (Å²) in [5, 5.41) is 39.4. The van der Waals surface area contributed by atoms with Gasteiger partial charge >= 0.3 is 5.97 Å². The van der Waals surface area contributed by atoms with Gasteiger partial charge in [-0.3, -0.25) is 4.79 Å². The fourth-order valence-corrected chi connectivity index (χ4v) is 3.46. The number of nitrogens with zero attached hydrogens (tertiary/aromatic N) is 1. The second-order valence-electron chi connectivity index (χ2n) is 7.96. The second-order valence-corrected chi connectivity index (χ2v) is 7.96. The van der Waals surface area contributed by atoms with Crippen LogP contribution >= 0.6 is 0 Å². The molecule has 1 aliphatic rings. The molecule has 4 atom stereocenters. The van der Waals surface area contributed by atoms with Crippen LogP contribution in [-0.2, 0) is 24.3 Å². The average molecular weight is 392 g/mol. The van der Waals surface area contributed by atoms with E-state index in [9.17, 15) is 34.8 Å². The summed E-state index contributed by atoms with van der Waals surface area (Å²) in [5.41, 5.74) is 3.85. The van der Waals surface area contributed by atoms with E-state index in [1.165, 1.54) is 5.06 Å². The van der Waals surface area contributed by atoms with Crippen molar-refractivity contribution in [3.8, 4) is 0 Å². The quantitative estimate of drug-likeness (QED) is 0.173. The first-order valence-electron chi connectivity index (χ1n) is 8.40. The smallest absolute Gasteiger partial charge is 0.339 e. The number of carboxylic acid groups (broad SMARTS) is 1. The molecule has 0 aromatic carbocycles. The summed E-state index contributed by atoms with van der Waals surface area (Å²) in [5.74, 6) is -2.55. The molecule has 11 nitrogen and oxygen atoms in total. The molecule has 0 aliphatic carbocycles. The molecule has 1 saturated heterocycles. The van der Waals surface area contributed by atoms with Gasteiger partial charge in [0, 0.05) is 17.0 Å². The van der Waals surface area contributed by atoms with Crippen molar-refractivity contribution in [2.24, 2.45) is 11.7 Å². The van der Waals surface area contributed by atoms with Gasteiger partial charge in [0.2, 0.25) is 12.0 Å². The number of hydrogen-bond donors (Lipinski definition) is 5. The summed E-state index contributed by atoms with van der Waals surface area (Å²) >= 11 is 0. The van der Waals surface area contributed by atoms with Gasteiger partial charge < -0.3 is 31.0 Å². The van der Waals surface area contributed by atoms with Crippen LogP contribution < -0.4 is 5.73 Å². The zero-order chi connectivity index (χ0) is 21.2. The number of aliphatic carboxylic acids is 1. The Bertz CT molecular complexity index is 548. The SMILES string of the molecule is CC1(C)CC(C(N)=O)CC(C)(C)N1OO[C@H](C(=O)O)[C@@H](O)[C@H](O)[C@@H](O)C=O. The highest BCUT2D eigenvalue weighted by Crippen LogP contribution is 2.41. The van der Waals surface area contributed by atoms with E-state index >= 15 is 0 Å². The van der Waals surface area contributed by atoms with Crippen molar-refractivity contribution >= 4 is 18.2 Å². The van der Waals surface area contributed by atoms with E-state index < -0.39 is 53.3 Å². The molecule has 1 heterocycles. The number of aliphatic hydroxyl groups is 3. The minimum Gasteiger partial charge on any atom is -0.479 e. The Morgan fingerprint density at radius 2 is 1.59 bits per heavy atom. The van der Waals surface area contributed by atoms with Crippen molar-refractivity contribution in [1.29, 1.82) is 0 Å². The molecule has 0 spiro atoms. The predicted molar refractivity (Wildman–Crippen MR) is 89.6 cm³/mol. The topological polar surface area (TPSA) is 180 Å². The van der Waals surface area contributed by atoms with Crippen LogP contribution in [0.2, 0.25) is 0 Å². The summed E-state index contributed by atoms with van der Waals surface area (Å²) in [6.07, 6.45) is -7.72. The van der Waals surface area contributed by atoms with Gasteiger partial charge in [-0.05, 0) is 40.5 Å². The molecule has 1 rings (SSSR count). The lowest BCUT2D eigenvalue weighted by atomic mass is 9.75. The van der Waals surface area contributed by atoms with Crippen LogP contribution in [-0.4, -0.2) is 79.1 Å². The maximum Gasteiger partial charge on any atom is 0.339 e. The molecular weight excluding hydrogens is 364 g/mol. The molecule has 1 aliphatic heterocycles. The maximum atomic E-state index is 11.6. The van der Waals surface area contributed by atoms with Crippen LogP contribution in [0.5, 0.6) is 0 Å². The molecule has 0 aromatic rings. The number of carboxylic acids is 1. The van der Waals surface area contributed by atoms with Gasteiger partial charge in [-0.25, -0.2) is 4.79 Å². The number of aliphatic hydroxyl groups excluding tert-OH is 3. The molecular formula is C16H28N2O9. The summed E-state index contributed by atoms with van der Waals surface area (Å²) < 4.78 is 0. The molecule has 1 fully saturated rings. The van der Waals surface area contributed by atoms with Crippen molar-refractivity contribution in [3.63, 3.8) is 0 Å². The van der Waals surface area contributed by atoms with Crippen LogP contribution in [0.4, 0.5) is 0 Å². The Kier molecular flexibility index (Phi) is 7.45. The fourth-order valence-electron chi connectivity index (χ4n) is 3.46. The highest BCUT2D eigenvalue weighted by molar-refractivity contribution is 5.77. The van der Waals surface area contributed by atoms with E-state index in [1.54, 1.807) is 27.7 Å². The summed E-state index contributed by atoms with van der Waals surface area (Å²) in [6.45, 7) is 6.96. The molecule has 6 N–H and O–H groups in total. The van der Waals surface area contributed by atoms with Gasteiger partial charge in [-0.2, -0.15) is 4.89 Å². The number of amides is 1. The monoisotopic (exact) mass is 392 g/mol. The third kappa shape index (κ3) is 5.43. The highest BCUT2D eigenvalue weighted by Gasteiger charge is 2.49. The normalized spacial score (nSPS) is 24.6. The second kappa shape index (κ2) is 8.59. The molecule has 156 valence electrons. The number of rotatable bonds is 9. The fraction of sp³-hybridized carbons (Fsp3) is 0.812. The predicted octanol–water partition coefficient (Wildman–Crippen LogP) is -1.66. The Morgan fingerprint density at radius 1 is 1.11 bits per heavy atom. The van der Waals surface area contributed by atoms with Gasteiger partial charge in [0.25, 0.3) is 0 Å². The third-order valence-electron chi connectivity index (χ3n) is 4.61. The lowest BCUT2D eigenvalue weighted by Gasteiger charge is -2.52. The van der Waals surface area contributed by atoms with Gasteiger partial charge in [0.15, 0.2) is 6.29 Å². The Balaban J connectivity index is 2.95. The van der Waals surface area contributed by atoms with Crippen molar-refractivity contribution in [3.05, 3.63) is 0 Å². The van der Waals surface area contributed by atoms with Crippen LogP contribution in [0.1, 0.15) is 40.5 Å². The van der Waals surface area contributed by atoms with Gasteiger partial charge in [-0.1, -0.05) is 0 Å². The maximum absolute atomic E-state index is 11.6. The van der Waals surface area contributed by atoms with E-state index in [1.807, 2.05) is 0 Å². The lowest BCUT2D eigenvalue weighted by Crippen LogP contribution is -2.62. The van der Waals surface area contributed by atoms with Gasteiger partial charge in [0.1, 0.15) is 18.3 Å². The standard InChI is InChI=1S/C16H28N2O9/c1-15(2)5-8(13(17)23)6-16(3,4)18(15)27-26-12(14(24)25)11(22)10(21)9(20)7-19/h7-12,20-22H,5-6H2,1-4H3,(H2,17,23)(H,24,25)/t9-,10+,11-,12-/m0/s1. The molecule has 0 bridgehead atoms. The Labute approximate surface area is 156 Å². The molecule has 0 radical (unpaired) electrons. The van der Waals surface area contributed by atoms with E-state index in [4.69, 9.17) is 15.6 Å². The number of hydroxylamine groups is 2. The molecule has 0 unspecified atom stereocenters. The van der Waals surface area contributed by atoms with Gasteiger partial charge in [-0.15, -0.1) is 10.1 Å². The summed E-state index contributed by atoms with van der Waals surface area (Å²) in [4.78, 5) is 43.5. The first-order chi connectivity index (χ1) is 12.2. The van der Waals surface area contributed by atoms with Crippen LogP contribution in [0.25, 0.3) is 0 Å². The van der Waals surface area contributed by atoms with Crippen molar-refractivity contribution < 1.29 is 44.7 Å². The van der Waals surface area contributed by atoms with Crippen molar-refractivity contribution in [2.45, 2.75) is 76.0 Å². The van der Waals surface area contributed by atoms with E-state index in [0.717, 1.165) is 0 Å². The molecule has 1 amide bonds. The Morgan fingerprint density at radius 3 is 1.96 bits per heavy atom. The van der Waals surface area contributed by atoms with Crippen LogP contribution in [0.3, 0.4) is 0 Å². The number of carbonyl (C=O) groups excluding carboxylic acids is 2. The van der Waals surface area contributed by atoms with Crippen LogP contribution in [0.15, 0.2) is 0 Å². The number of piperidine rings is 1. The number of hydrogen-bond acceptors (Lipinski definition) is 9. The molecule has 11 heteroatoms. The third-order valence-corrected chi connectivity index (χ3v) is 4.61. The first-order valence-corrected chi connectivity index (χ1v) is 8.40. The van der Waals surface area contributed by atoms with Crippen molar-refractivity contribution in [2.75, 3.05) is 0 Å². The summed E-state index contributed by atoms with van der Waals surface area (Å²) in [7, 11) is 0. The molecule has 27 heavy (non-hydrogen) atoms. The minimum atomic E-state index is -2.14. The minimum absolute atomic E-state index is 0.0471. The highest BCUT2D eigenvalue weighted by atomic mass is 17.3. The number of aldehydes is 1. The summed E-state index contributed by atoms with van der Waals surface area (Å²) in [6, 6.07) is 0. The van der Waals surface area contributed by atoms with E-state index in [0.29, 0.717) is 12.8 Å². The number of carbonyl (C=O) groups is 3. The molecule has 0 aromatic heterocycles. The largest absolute Gasteiger partial charge is 0.479 e. The number of nitrogens with two attached hydrogens (primary N) is 1. The zero-order valence-corrected chi connectivity index (χ0v) is 15.7. The van der Waals surface area contributed by atoms with E-state index in [2.05, 4.69) is 0 Å². The number of primary amides is 1.